The van der Waals surface area contributed by atoms with E-state index in [4.69, 9.17) is 0 Å². The van der Waals surface area contributed by atoms with Gasteiger partial charge in [-0.1, -0.05) is 6.07 Å². The first-order chi connectivity index (χ1) is 11.5. The standard InChI is InChI=1S/C18H27FN4O/c1-4-23-16-7-5-6-15(19)18(16)20-17(23)12-21-8-9-22(11-14(3)24)13(2)10-21/h5-7,13-14,24H,4,8-12H2,1-3H3. The lowest BCUT2D eigenvalue weighted by atomic mass is 10.1. The second kappa shape index (κ2) is 7.17. The van der Waals surface area contributed by atoms with Crippen LogP contribution in [0.3, 0.4) is 0 Å². The van der Waals surface area contributed by atoms with Crippen LogP contribution in [0.4, 0.5) is 4.39 Å². The molecule has 3 rings (SSSR count). The minimum absolute atomic E-state index is 0.254. The lowest BCUT2D eigenvalue weighted by Crippen LogP contribution is -2.53. The van der Waals surface area contributed by atoms with Crippen molar-refractivity contribution in [1.29, 1.82) is 0 Å². The number of hydrogen-bond acceptors (Lipinski definition) is 4. The van der Waals surface area contributed by atoms with E-state index in [9.17, 15) is 9.50 Å². The van der Waals surface area contributed by atoms with E-state index in [0.717, 1.165) is 44.1 Å². The van der Waals surface area contributed by atoms with E-state index in [-0.39, 0.29) is 11.9 Å². The number of rotatable bonds is 5. The van der Waals surface area contributed by atoms with Gasteiger partial charge in [-0.2, -0.15) is 0 Å². The summed E-state index contributed by atoms with van der Waals surface area (Å²) >= 11 is 0. The summed E-state index contributed by atoms with van der Waals surface area (Å²) in [7, 11) is 0. The minimum atomic E-state index is -0.300. The summed E-state index contributed by atoms with van der Waals surface area (Å²) in [6.07, 6.45) is -0.300. The Morgan fingerprint density at radius 2 is 2.17 bits per heavy atom. The highest BCUT2D eigenvalue weighted by molar-refractivity contribution is 5.76. The number of β-amino-alcohol motifs (C(OH)–C–C–N with tert-alkyl or cyclic N) is 1. The number of aliphatic hydroxyl groups excluding tert-OH is 1. The molecule has 1 aromatic heterocycles. The molecule has 0 saturated carbocycles. The van der Waals surface area contributed by atoms with Gasteiger partial charge in [-0.15, -0.1) is 0 Å². The molecular formula is C18H27FN4O. The number of benzene rings is 1. The number of halogens is 1. The number of fused-ring (bicyclic) bond motifs is 1. The molecule has 2 heterocycles. The minimum Gasteiger partial charge on any atom is -0.392 e. The summed E-state index contributed by atoms with van der Waals surface area (Å²) in [6.45, 7) is 11.1. The van der Waals surface area contributed by atoms with Crippen LogP contribution in [0.25, 0.3) is 11.0 Å². The molecule has 5 nitrogen and oxygen atoms in total. The molecule has 1 aliphatic heterocycles. The van der Waals surface area contributed by atoms with Gasteiger partial charge in [-0.25, -0.2) is 9.37 Å². The maximum atomic E-state index is 14.0. The molecule has 1 fully saturated rings. The summed E-state index contributed by atoms with van der Waals surface area (Å²) in [4.78, 5) is 9.25. The van der Waals surface area contributed by atoms with Gasteiger partial charge in [0.15, 0.2) is 5.82 Å². The Bertz CT molecular complexity index is 700. The van der Waals surface area contributed by atoms with Crippen LogP contribution in [-0.2, 0) is 13.1 Å². The van der Waals surface area contributed by atoms with Crippen LogP contribution in [0.2, 0.25) is 0 Å². The van der Waals surface area contributed by atoms with Gasteiger partial charge in [0.1, 0.15) is 11.3 Å². The fourth-order valence-electron chi connectivity index (χ4n) is 3.66. The van der Waals surface area contributed by atoms with E-state index in [1.54, 1.807) is 6.07 Å². The van der Waals surface area contributed by atoms with Gasteiger partial charge in [0.2, 0.25) is 0 Å². The summed E-state index contributed by atoms with van der Waals surface area (Å²) < 4.78 is 16.1. The summed E-state index contributed by atoms with van der Waals surface area (Å²) in [5, 5.41) is 9.59. The molecule has 24 heavy (non-hydrogen) atoms. The van der Waals surface area contributed by atoms with Crippen molar-refractivity contribution in [2.45, 2.75) is 46.0 Å². The zero-order valence-electron chi connectivity index (χ0n) is 14.7. The molecule has 0 amide bonds. The number of aromatic nitrogens is 2. The van der Waals surface area contributed by atoms with Crippen LogP contribution in [0.15, 0.2) is 18.2 Å². The number of piperazine rings is 1. The summed E-state index contributed by atoms with van der Waals surface area (Å²) in [5.41, 5.74) is 1.34. The summed E-state index contributed by atoms with van der Waals surface area (Å²) in [5.74, 6) is 0.671. The van der Waals surface area contributed by atoms with E-state index in [0.29, 0.717) is 18.1 Å². The topological polar surface area (TPSA) is 44.5 Å². The van der Waals surface area contributed by atoms with Crippen molar-refractivity contribution < 1.29 is 9.50 Å². The monoisotopic (exact) mass is 334 g/mol. The lowest BCUT2D eigenvalue weighted by molar-refractivity contribution is 0.0410. The molecule has 1 aromatic carbocycles. The largest absolute Gasteiger partial charge is 0.392 e. The Morgan fingerprint density at radius 3 is 2.83 bits per heavy atom. The molecule has 1 N–H and O–H groups in total. The number of para-hydroxylation sites is 1. The van der Waals surface area contributed by atoms with Gasteiger partial charge in [-0.3, -0.25) is 9.80 Å². The third-order valence-electron chi connectivity index (χ3n) is 4.84. The van der Waals surface area contributed by atoms with Crippen molar-refractivity contribution in [2.24, 2.45) is 0 Å². The van der Waals surface area contributed by atoms with Crippen LogP contribution in [0.5, 0.6) is 0 Å². The molecule has 0 bridgehead atoms. The van der Waals surface area contributed by atoms with Crippen molar-refractivity contribution in [3.05, 3.63) is 29.8 Å². The summed E-state index contributed by atoms with van der Waals surface area (Å²) in [6, 6.07) is 5.54. The van der Waals surface area contributed by atoms with Gasteiger partial charge >= 0.3 is 0 Å². The molecule has 0 spiro atoms. The van der Waals surface area contributed by atoms with Crippen molar-refractivity contribution in [1.82, 2.24) is 19.4 Å². The second-order valence-electron chi connectivity index (χ2n) is 6.81. The van der Waals surface area contributed by atoms with Gasteiger partial charge in [0.05, 0.1) is 18.2 Å². The fraction of sp³-hybridized carbons (Fsp3) is 0.611. The Labute approximate surface area is 142 Å². The first-order valence-corrected chi connectivity index (χ1v) is 8.77. The number of nitrogens with zero attached hydrogens (tertiary/aromatic N) is 4. The van der Waals surface area contributed by atoms with Crippen molar-refractivity contribution in [2.75, 3.05) is 26.2 Å². The average molecular weight is 334 g/mol. The van der Waals surface area contributed by atoms with Crippen LogP contribution in [-0.4, -0.2) is 62.8 Å². The maximum Gasteiger partial charge on any atom is 0.151 e. The highest BCUT2D eigenvalue weighted by Gasteiger charge is 2.25. The molecule has 1 aliphatic rings. The molecule has 132 valence electrons. The Kier molecular flexibility index (Phi) is 5.18. The molecule has 0 aliphatic carbocycles. The highest BCUT2D eigenvalue weighted by Crippen LogP contribution is 2.21. The highest BCUT2D eigenvalue weighted by atomic mass is 19.1. The Hall–Kier alpha value is -1.50. The van der Waals surface area contributed by atoms with Gasteiger partial charge in [0.25, 0.3) is 0 Å². The van der Waals surface area contributed by atoms with Gasteiger partial charge in [0, 0.05) is 38.8 Å². The van der Waals surface area contributed by atoms with E-state index < -0.39 is 0 Å². The third kappa shape index (κ3) is 3.45. The predicted octanol–water partition coefficient (Wildman–Crippen LogP) is 2.08. The van der Waals surface area contributed by atoms with E-state index in [2.05, 4.69) is 33.2 Å². The Morgan fingerprint density at radius 1 is 1.38 bits per heavy atom. The number of imidazole rings is 1. The van der Waals surface area contributed by atoms with Crippen LogP contribution < -0.4 is 0 Å². The number of aryl methyl sites for hydroxylation is 1. The molecule has 1 saturated heterocycles. The molecule has 2 atom stereocenters. The van der Waals surface area contributed by atoms with Gasteiger partial charge in [-0.05, 0) is 32.9 Å². The lowest BCUT2D eigenvalue weighted by Gasteiger charge is -2.40. The molecule has 6 heteroatoms. The first kappa shape index (κ1) is 17.3. The molecular weight excluding hydrogens is 307 g/mol. The molecule has 0 radical (unpaired) electrons. The SMILES string of the molecule is CCn1c(CN2CCN(CC(C)O)C(C)C2)nc2c(F)cccc21. The zero-order valence-corrected chi connectivity index (χ0v) is 14.7. The third-order valence-corrected chi connectivity index (χ3v) is 4.84. The first-order valence-electron chi connectivity index (χ1n) is 8.77. The van der Waals surface area contributed by atoms with Crippen molar-refractivity contribution in [3.8, 4) is 0 Å². The quantitative estimate of drug-likeness (QED) is 0.909. The molecule has 2 unspecified atom stereocenters. The van der Waals surface area contributed by atoms with Crippen molar-refractivity contribution >= 4 is 11.0 Å². The van der Waals surface area contributed by atoms with Crippen molar-refractivity contribution in [3.63, 3.8) is 0 Å². The van der Waals surface area contributed by atoms with Crippen LogP contribution in [0.1, 0.15) is 26.6 Å². The van der Waals surface area contributed by atoms with E-state index >= 15 is 0 Å². The normalized spacial score (nSPS) is 21.5. The van der Waals surface area contributed by atoms with E-state index in [1.165, 1.54) is 6.07 Å². The predicted molar refractivity (Wildman–Crippen MR) is 93.4 cm³/mol. The van der Waals surface area contributed by atoms with E-state index in [1.807, 2.05) is 13.0 Å². The Balaban J connectivity index is 1.75. The average Bonchev–Trinajstić information content (AvgIpc) is 2.88. The van der Waals surface area contributed by atoms with Crippen LogP contribution >= 0.6 is 0 Å². The zero-order chi connectivity index (χ0) is 17.3. The molecule has 2 aromatic rings. The number of aliphatic hydroxyl groups is 1. The maximum absolute atomic E-state index is 14.0. The smallest absolute Gasteiger partial charge is 0.151 e. The van der Waals surface area contributed by atoms with Crippen LogP contribution in [0, 0.1) is 5.82 Å². The number of hydrogen-bond donors (Lipinski definition) is 1. The second-order valence-corrected chi connectivity index (χ2v) is 6.81. The fourth-order valence-corrected chi connectivity index (χ4v) is 3.66. The van der Waals surface area contributed by atoms with Gasteiger partial charge < -0.3 is 9.67 Å².